The summed E-state index contributed by atoms with van der Waals surface area (Å²) in [4.78, 5) is 2.42. The van der Waals surface area contributed by atoms with Crippen LogP contribution >= 0.6 is 0 Å². The molecule has 1 aromatic rings. The molecule has 2 heterocycles. The average Bonchev–Trinajstić information content (AvgIpc) is 2.59. The highest BCUT2D eigenvalue weighted by Gasteiger charge is 2.23. The van der Waals surface area contributed by atoms with Gasteiger partial charge in [-0.3, -0.25) is 9.58 Å². The molecule has 2 rings (SSSR count). The van der Waals surface area contributed by atoms with Gasteiger partial charge < -0.3 is 5.73 Å². The molecule has 1 saturated heterocycles. The van der Waals surface area contributed by atoms with Crippen molar-refractivity contribution in [3.8, 4) is 0 Å². The maximum absolute atomic E-state index is 5.99. The quantitative estimate of drug-likeness (QED) is 0.744. The largest absolute Gasteiger partial charge is 0.327 e. The maximum Gasteiger partial charge on any atom is 0.0738 e. The second-order valence-electron chi connectivity index (χ2n) is 4.51. The summed E-state index contributed by atoms with van der Waals surface area (Å²) in [6.07, 6.45) is 2.92. The van der Waals surface area contributed by atoms with Gasteiger partial charge in [0.25, 0.3) is 0 Å². The van der Waals surface area contributed by atoms with E-state index < -0.39 is 0 Å². The zero-order valence-electron chi connectivity index (χ0n) is 9.43. The lowest BCUT2D eigenvalue weighted by atomic mass is 9.95. The van der Waals surface area contributed by atoms with Crippen LogP contribution in [-0.4, -0.2) is 39.0 Å². The third-order valence-electron chi connectivity index (χ3n) is 3.25. The van der Waals surface area contributed by atoms with Crippen LogP contribution in [0.15, 0.2) is 6.20 Å². The van der Waals surface area contributed by atoms with Crippen LogP contribution in [0, 0.1) is 5.92 Å². The smallest absolute Gasteiger partial charge is 0.0738 e. The number of nitrogens with two attached hydrogens (primary N) is 1. The van der Waals surface area contributed by atoms with Crippen LogP contribution in [0.2, 0.25) is 0 Å². The number of rotatable bonds is 2. The van der Waals surface area contributed by atoms with Crippen molar-refractivity contribution in [3.63, 3.8) is 0 Å². The van der Waals surface area contributed by atoms with Crippen LogP contribution in [0.4, 0.5) is 0 Å². The Morgan fingerprint density at radius 1 is 1.60 bits per heavy atom. The van der Waals surface area contributed by atoms with Crippen LogP contribution in [0.25, 0.3) is 0 Å². The predicted molar refractivity (Wildman–Crippen MR) is 58.0 cm³/mol. The van der Waals surface area contributed by atoms with E-state index in [-0.39, 0.29) is 0 Å². The number of aryl methyl sites for hydroxylation is 1. The zero-order chi connectivity index (χ0) is 10.8. The molecule has 2 N–H and O–H groups in total. The molecule has 0 bridgehead atoms. The van der Waals surface area contributed by atoms with E-state index in [9.17, 15) is 0 Å². The summed E-state index contributed by atoms with van der Waals surface area (Å²) >= 11 is 0. The zero-order valence-corrected chi connectivity index (χ0v) is 9.43. The van der Waals surface area contributed by atoms with Crippen molar-refractivity contribution in [1.82, 2.24) is 19.9 Å². The highest BCUT2D eigenvalue weighted by Crippen LogP contribution is 2.16. The predicted octanol–water partition coefficient (Wildman–Crippen LogP) is -0.0158. The SMILES string of the molecule is CC1CN(Cc2cnnn2C)CCC1N. The third kappa shape index (κ3) is 2.35. The molecule has 0 aliphatic carbocycles. The Labute approximate surface area is 90.2 Å². The first-order valence-corrected chi connectivity index (χ1v) is 5.48. The molecule has 2 atom stereocenters. The van der Waals surface area contributed by atoms with E-state index in [1.54, 1.807) is 0 Å². The topological polar surface area (TPSA) is 60.0 Å². The Kier molecular flexibility index (Phi) is 3.02. The molecule has 2 unspecified atom stereocenters. The summed E-state index contributed by atoms with van der Waals surface area (Å²) in [5, 5.41) is 7.81. The molecule has 0 amide bonds. The summed E-state index contributed by atoms with van der Waals surface area (Å²) in [6.45, 7) is 5.31. The molecule has 5 heteroatoms. The van der Waals surface area contributed by atoms with Gasteiger partial charge in [0.2, 0.25) is 0 Å². The van der Waals surface area contributed by atoms with E-state index in [2.05, 4.69) is 22.1 Å². The summed E-state index contributed by atoms with van der Waals surface area (Å²) in [7, 11) is 1.93. The van der Waals surface area contributed by atoms with E-state index in [0.29, 0.717) is 12.0 Å². The normalized spacial score (nSPS) is 28.2. The molecular weight excluding hydrogens is 190 g/mol. The van der Waals surface area contributed by atoms with Gasteiger partial charge in [-0.1, -0.05) is 12.1 Å². The monoisotopic (exact) mass is 209 g/mol. The van der Waals surface area contributed by atoms with Gasteiger partial charge in [0.15, 0.2) is 0 Å². The molecule has 5 nitrogen and oxygen atoms in total. The van der Waals surface area contributed by atoms with E-state index in [0.717, 1.165) is 31.7 Å². The molecule has 1 aliphatic rings. The summed E-state index contributed by atoms with van der Waals surface area (Å²) < 4.78 is 1.83. The minimum absolute atomic E-state index is 0.367. The molecule has 1 aromatic heterocycles. The Balaban J connectivity index is 1.94. The van der Waals surface area contributed by atoms with Gasteiger partial charge in [-0.2, -0.15) is 0 Å². The highest BCUT2D eigenvalue weighted by atomic mass is 15.4. The van der Waals surface area contributed by atoms with Gasteiger partial charge in [0.05, 0.1) is 11.9 Å². The summed E-state index contributed by atoms with van der Waals surface area (Å²) in [5.41, 5.74) is 7.15. The minimum atomic E-state index is 0.367. The third-order valence-corrected chi connectivity index (χ3v) is 3.25. The molecular formula is C10H19N5. The van der Waals surface area contributed by atoms with Crippen molar-refractivity contribution >= 4 is 0 Å². The lowest BCUT2D eigenvalue weighted by Gasteiger charge is -2.34. The van der Waals surface area contributed by atoms with E-state index in [1.807, 2.05) is 17.9 Å². The van der Waals surface area contributed by atoms with Crippen molar-refractivity contribution in [3.05, 3.63) is 11.9 Å². The summed E-state index contributed by atoms with van der Waals surface area (Å²) in [5.74, 6) is 0.583. The molecule has 0 radical (unpaired) electrons. The maximum atomic E-state index is 5.99. The fourth-order valence-corrected chi connectivity index (χ4v) is 2.08. The fraction of sp³-hybridized carbons (Fsp3) is 0.800. The van der Waals surface area contributed by atoms with E-state index in [4.69, 9.17) is 5.73 Å². The first-order chi connectivity index (χ1) is 7.16. The number of piperidine rings is 1. The Bertz CT molecular complexity index is 321. The summed E-state index contributed by atoms with van der Waals surface area (Å²) in [6, 6.07) is 0.367. The molecule has 0 saturated carbocycles. The first-order valence-electron chi connectivity index (χ1n) is 5.48. The number of nitrogens with zero attached hydrogens (tertiary/aromatic N) is 4. The van der Waals surface area contributed by atoms with Gasteiger partial charge in [0, 0.05) is 32.7 Å². The lowest BCUT2D eigenvalue weighted by Crippen LogP contribution is -2.45. The molecule has 1 fully saturated rings. The van der Waals surface area contributed by atoms with Crippen LogP contribution < -0.4 is 5.73 Å². The van der Waals surface area contributed by atoms with Crippen molar-refractivity contribution in [2.75, 3.05) is 13.1 Å². The Hall–Kier alpha value is -0.940. The van der Waals surface area contributed by atoms with E-state index in [1.165, 1.54) is 0 Å². The van der Waals surface area contributed by atoms with Crippen LogP contribution in [-0.2, 0) is 13.6 Å². The molecule has 0 aromatic carbocycles. The van der Waals surface area contributed by atoms with Crippen molar-refractivity contribution in [1.29, 1.82) is 0 Å². The van der Waals surface area contributed by atoms with Crippen LogP contribution in [0.1, 0.15) is 19.0 Å². The number of hydrogen-bond donors (Lipinski definition) is 1. The van der Waals surface area contributed by atoms with Crippen molar-refractivity contribution in [2.45, 2.75) is 25.9 Å². The van der Waals surface area contributed by atoms with Gasteiger partial charge >= 0.3 is 0 Å². The second-order valence-corrected chi connectivity index (χ2v) is 4.51. The molecule has 0 spiro atoms. The number of hydrogen-bond acceptors (Lipinski definition) is 4. The molecule has 84 valence electrons. The number of likely N-dealkylation sites (tertiary alicyclic amines) is 1. The lowest BCUT2D eigenvalue weighted by molar-refractivity contribution is 0.154. The molecule has 15 heavy (non-hydrogen) atoms. The van der Waals surface area contributed by atoms with E-state index >= 15 is 0 Å². The Morgan fingerprint density at radius 3 is 3.00 bits per heavy atom. The van der Waals surface area contributed by atoms with Crippen LogP contribution in [0.3, 0.4) is 0 Å². The van der Waals surface area contributed by atoms with Crippen molar-refractivity contribution < 1.29 is 0 Å². The van der Waals surface area contributed by atoms with Gasteiger partial charge in [0.1, 0.15) is 0 Å². The molecule has 1 aliphatic heterocycles. The average molecular weight is 209 g/mol. The van der Waals surface area contributed by atoms with Crippen LogP contribution in [0.5, 0.6) is 0 Å². The standard InChI is InChI=1S/C10H19N5/c1-8-6-15(4-3-10(8)11)7-9-5-12-13-14(9)2/h5,8,10H,3-4,6-7,11H2,1-2H3. The van der Waals surface area contributed by atoms with Crippen molar-refractivity contribution in [2.24, 2.45) is 18.7 Å². The van der Waals surface area contributed by atoms with Gasteiger partial charge in [-0.05, 0) is 12.3 Å². The second kappa shape index (κ2) is 4.28. The highest BCUT2D eigenvalue weighted by molar-refractivity contribution is 4.94. The fourth-order valence-electron chi connectivity index (χ4n) is 2.08. The Morgan fingerprint density at radius 2 is 2.40 bits per heavy atom. The van der Waals surface area contributed by atoms with Gasteiger partial charge in [-0.15, -0.1) is 5.10 Å². The van der Waals surface area contributed by atoms with Gasteiger partial charge in [-0.25, -0.2) is 0 Å². The first kappa shape index (κ1) is 10.6. The minimum Gasteiger partial charge on any atom is -0.327 e. The number of aromatic nitrogens is 3.